The lowest BCUT2D eigenvalue weighted by Gasteiger charge is -1.96. The zero-order chi connectivity index (χ0) is 8.55. The maximum absolute atomic E-state index is 4.17. The van der Waals surface area contributed by atoms with Gasteiger partial charge in [0.15, 0.2) is 0 Å². The largest absolute Gasteiger partial charge is 0.268 e. The summed E-state index contributed by atoms with van der Waals surface area (Å²) in [5.41, 5.74) is 2.43. The smallest absolute Gasteiger partial charge is 0.148 e. The van der Waals surface area contributed by atoms with Crippen molar-refractivity contribution in [2.24, 2.45) is 7.05 Å². The van der Waals surface area contributed by atoms with Crippen molar-refractivity contribution < 1.29 is 0 Å². The van der Waals surface area contributed by atoms with E-state index in [9.17, 15) is 0 Å². The van der Waals surface area contributed by atoms with Crippen LogP contribution >= 0.6 is 0 Å². The standard InChI is InChI=1S/C9H10BN2/c1-10-8-3-4-9-7(5-8)6-11-12(9)2/h3-6H,1-2H3. The van der Waals surface area contributed by atoms with Gasteiger partial charge in [0.05, 0.1) is 11.7 Å². The quantitative estimate of drug-likeness (QED) is 0.563. The van der Waals surface area contributed by atoms with E-state index in [-0.39, 0.29) is 0 Å². The van der Waals surface area contributed by atoms with Crippen LogP contribution < -0.4 is 5.46 Å². The van der Waals surface area contributed by atoms with Crippen LogP contribution in [0.25, 0.3) is 10.9 Å². The number of rotatable bonds is 1. The van der Waals surface area contributed by atoms with E-state index in [1.807, 2.05) is 24.7 Å². The molecule has 59 valence electrons. The van der Waals surface area contributed by atoms with E-state index < -0.39 is 0 Å². The predicted octanol–water partition coefficient (Wildman–Crippen LogP) is 0.951. The van der Waals surface area contributed by atoms with Crippen LogP contribution in [0.2, 0.25) is 6.82 Å². The Morgan fingerprint density at radius 2 is 2.25 bits per heavy atom. The van der Waals surface area contributed by atoms with Crippen LogP contribution in [0.3, 0.4) is 0 Å². The first-order valence-electron chi connectivity index (χ1n) is 4.02. The van der Waals surface area contributed by atoms with Crippen LogP contribution in [0.15, 0.2) is 24.4 Å². The Bertz CT molecular complexity index is 406. The normalized spacial score (nSPS) is 10.5. The fourth-order valence-electron chi connectivity index (χ4n) is 1.36. The van der Waals surface area contributed by atoms with Crippen LogP contribution in [0.4, 0.5) is 0 Å². The molecule has 1 aromatic heterocycles. The zero-order valence-corrected chi connectivity index (χ0v) is 7.28. The van der Waals surface area contributed by atoms with Gasteiger partial charge in [-0.05, 0) is 6.07 Å². The molecule has 0 atom stereocenters. The third-order valence-electron chi connectivity index (χ3n) is 2.10. The summed E-state index contributed by atoms with van der Waals surface area (Å²) >= 11 is 0. The maximum atomic E-state index is 4.17. The first kappa shape index (κ1) is 7.41. The number of benzene rings is 1. The van der Waals surface area contributed by atoms with Gasteiger partial charge in [0, 0.05) is 12.4 Å². The van der Waals surface area contributed by atoms with Crippen molar-refractivity contribution in [2.75, 3.05) is 0 Å². The number of nitrogens with zero attached hydrogens (tertiary/aromatic N) is 2. The fraction of sp³-hybridized carbons (Fsp3) is 0.222. The lowest BCUT2D eigenvalue weighted by Crippen LogP contribution is -2.08. The molecular weight excluding hydrogens is 147 g/mol. The molecule has 0 unspecified atom stereocenters. The van der Waals surface area contributed by atoms with Gasteiger partial charge in [-0.2, -0.15) is 5.10 Å². The summed E-state index contributed by atoms with van der Waals surface area (Å²) in [6.07, 6.45) is 1.89. The van der Waals surface area contributed by atoms with Gasteiger partial charge in [0.2, 0.25) is 0 Å². The fourth-order valence-corrected chi connectivity index (χ4v) is 1.36. The van der Waals surface area contributed by atoms with Gasteiger partial charge in [-0.15, -0.1) is 0 Å². The third kappa shape index (κ3) is 1.02. The Morgan fingerprint density at radius 3 is 3.00 bits per heavy atom. The molecule has 0 aliphatic carbocycles. The molecule has 0 saturated carbocycles. The Balaban J connectivity index is 2.69. The van der Waals surface area contributed by atoms with Gasteiger partial charge in [0.25, 0.3) is 0 Å². The van der Waals surface area contributed by atoms with E-state index in [1.165, 1.54) is 16.4 Å². The monoisotopic (exact) mass is 157 g/mol. The van der Waals surface area contributed by atoms with Gasteiger partial charge < -0.3 is 0 Å². The Kier molecular flexibility index (Phi) is 1.64. The van der Waals surface area contributed by atoms with Gasteiger partial charge in [-0.1, -0.05) is 24.4 Å². The topological polar surface area (TPSA) is 17.8 Å². The minimum atomic E-state index is 1.18. The van der Waals surface area contributed by atoms with Crippen molar-refractivity contribution in [1.82, 2.24) is 9.78 Å². The summed E-state index contributed by atoms with van der Waals surface area (Å²) in [7, 11) is 4.05. The van der Waals surface area contributed by atoms with Gasteiger partial charge in [-0.3, -0.25) is 4.68 Å². The highest BCUT2D eigenvalue weighted by Crippen LogP contribution is 2.09. The molecule has 0 amide bonds. The predicted molar refractivity (Wildman–Crippen MR) is 52.0 cm³/mol. The van der Waals surface area contributed by atoms with E-state index >= 15 is 0 Å². The lowest BCUT2D eigenvalue weighted by atomic mass is 9.73. The first-order chi connectivity index (χ1) is 5.81. The summed E-state index contributed by atoms with van der Waals surface area (Å²) in [5, 5.41) is 5.38. The van der Waals surface area contributed by atoms with Gasteiger partial charge in [-0.25, -0.2) is 0 Å². The van der Waals surface area contributed by atoms with Crippen LogP contribution in [0, 0.1) is 0 Å². The Morgan fingerprint density at radius 1 is 1.42 bits per heavy atom. The van der Waals surface area contributed by atoms with Crippen LogP contribution in [-0.2, 0) is 7.05 Å². The molecule has 1 radical (unpaired) electrons. The van der Waals surface area contributed by atoms with Crippen molar-refractivity contribution in [1.29, 1.82) is 0 Å². The van der Waals surface area contributed by atoms with Crippen LogP contribution in [0.5, 0.6) is 0 Å². The molecule has 3 heteroatoms. The molecule has 0 saturated heterocycles. The molecule has 2 nitrogen and oxygen atoms in total. The average Bonchev–Trinajstić information content (AvgIpc) is 2.47. The highest BCUT2D eigenvalue weighted by atomic mass is 15.2. The minimum Gasteiger partial charge on any atom is -0.268 e. The first-order valence-corrected chi connectivity index (χ1v) is 4.02. The summed E-state index contributed by atoms with van der Waals surface area (Å²) in [4.78, 5) is 0. The van der Waals surface area contributed by atoms with Crippen LogP contribution in [-0.4, -0.2) is 17.1 Å². The van der Waals surface area contributed by atoms with Crippen molar-refractivity contribution in [2.45, 2.75) is 6.82 Å². The maximum Gasteiger partial charge on any atom is 0.148 e. The van der Waals surface area contributed by atoms with Crippen molar-refractivity contribution in [3.05, 3.63) is 24.4 Å². The zero-order valence-electron chi connectivity index (χ0n) is 7.28. The number of fused-ring (bicyclic) bond motifs is 1. The van der Waals surface area contributed by atoms with Gasteiger partial charge >= 0.3 is 0 Å². The van der Waals surface area contributed by atoms with E-state index in [4.69, 9.17) is 0 Å². The highest BCUT2D eigenvalue weighted by Gasteiger charge is 1.98. The number of aryl methyl sites for hydroxylation is 1. The number of aromatic nitrogens is 2. The average molecular weight is 157 g/mol. The van der Waals surface area contributed by atoms with E-state index in [0.29, 0.717) is 0 Å². The van der Waals surface area contributed by atoms with Crippen molar-refractivity contribution in [3.63, 3.8) is 0 Å². The number of hydrogen-bond donors (Lipinski definition) is 0. The molecule has 2 rings (SSSR count). The molecule has 1 aromatic carbocycles. The molecule has 0 bridgehead atoms. The van der Waals surface area contributed by atoms with E-state index in [0.717, 1.165) is 0 Å². The molecule has 0 aliphatic heterocycles. The molecule has 12 heavy (non-hydrogen) atoms. The third-order valence-corrected chi connectivity index (χ3v) is 2.10. The lowest BCUT2D eigenvalue weighted by molar-refractivity contribution is 0.797. The Hall–Kier alpha value is -1.25. The second-order valence-electron chi connectivity index (χ2n) is 2.88. The van der Waals surface area contributed by atoms with E-state index in [1.54, 1.807) is 0 Å². The molecule has 0 spiro atoms. The molecule has 0 fully saturated rings. The number of hydrogen-bond acceptors (Lipinski definition) is 1. The summed E-state index contributed by atoms with van der Waals surface area (Å²) < 4.78 is 1.88. The second kappa shape index (κ2) is 2.66. The molecule has 1 heterocycles. The van der Waals surface area contributed by atoms with Crippen molar-refractivity contribution >= 4 is 23.6 Å². The highest BCUT2D eigenvalue weighted by molar-refractivity contribution is 6.52. The minimum absolute atomic E-state index is 1.18. The summed E-state index contributed by atoms with van der Waals surface area (Å²) in [5.74, 6) is 0. The SMILES string of the molecule is C[B]c1ccc2c(cnn2C)c1. The molecule has 0 N–H and O–H groups in total. The Labute approximate surface area is 72.4 Å². The second-order valence-corrected chi connectivity index (χ2v) is 2.88. The van der Waals surface area contributed by atoms with Crippen LogP contribution in [0.1, 0.15) is 0 Å². The molecule has 0 aliphatic rings. The van der Waals surface area contributed by atoms with Crippen molar-refractivity contribution in [3.8, 4) is 0 Å². The molecule has 2 aromatic rings. The van der Waals surface area contributed by atoms with E-state index in [2.05, 4.69) is 30.6 Å². The summed E-state index contributed by atoms with van der Waals surface area (Å²) in [6, 6.07) is 6.34. The molecular formula is C9H10BN2. The van der Waals surface area contributed by atoms with Gasteiger partial charge in [0.1, 0.15) is 7.28 Å². The summed E-state index contributed by atoms with van der Waals surface area (Å²) in [6.45, 7) is 2.04.